The monoisotopic (exact) mass is 419 g/mol. The first-order valence-corrected chi connectivity index (χ1v) is 10.4. The number of piperidine rings is 1. The van der Waals surface area contributed by atoms with Crippen LogP contribution in [-0.2, 0) is 6.54 Å². The van der Waals surface area contributed by atoms with Crippen LogP contribution in [0.4, 0.5) is 0 Å². The van der Waals surface area contributed by atoms with Gasteiger partial charge in [0.05, 0.1) is 18.3 Å². The van der Waals surface area contributed by atoms with Gasteiger partial charge in [-0.1, -0.05) is 36.4 Å². The van der Waals surface area contributed by atoms with Gasteiger partial charge in [-0.2, -0.15) is 5.10 Å². The van der Waals surface area contributed by atoms with Crippen molar-refractivity contribution in [3.63, 3.8) is 0 Å². The Morgan fingerprint density at radius 2 is 2.00 bits per heavy atom. The Hall–Kier alpha value is -3.68. The van der Waals surface area contributed by atoms with Gasteiger partial charge in [-0.15, -0.1) is 0 Å². The molecule has 160 valence electrons. The van der Waals surface area contributed by atoms with Crippen LogP contribution >= 0.6 is 0 Å². The highest BCUT2D eigenvalue weighted by Crippen LogP contribution is 2.31. The van der Waals surface area contributed by atoms with Gasteiger partial charge in [-0.3, -0.25) is 24.3 Å². The maximum atomic E-state index is 12.6. The first-order valence-electron chi connectivity index (χ1n) is 10.4. The van der Waals surface area contributed by atoms with Crippen LogP contribution in [0.15, 0.2) is 69.5 Å². The summed E-state index contributed by atoms with van der Waals surface area (Å²) in [5, 5.41) is 17.5. The van der Waals surface area contributed by atoms with Crippen LogP contribution in [0.1, 0.15) is 48.9 Å². The van der Waals surface area contributed by atoms with Crippen molar-refractivity contribution in [2.75, 3.05) is 6.54 Å². The van der Waals surface area contributed by atoms with E-state index < -0.39 is 11.2 Å². The Morgan fingerprint density at radius 3 is 2.74 bits per heavy atom. The van der Waals surface area contributed by atoms with Crippen molar-refractivity contribution in [2.24, 2.45) is 5.10 Å². The summed E-state index contributed by atoms with van der Waals surface area (Å²) in [7, 11) is 0. The molecule has 0 saturated carbocycles. The fourth-order valence-electron chi connectivity index (χ4n) is 3.99. The van der Waals surface area contributed by atoms with Crippen molar-refractivity contribution >= 4 is 5.71 Å². The second-order valence-electron chi connectivity index (χ2n) is 7.68. The molecule has 3 heterocycles. The number of aromatic nitrogens is 3. The molecule has 1 aromatic carbocycles. The van der Waals surface area contributed by atoms with Gasteiger partial charge in [0, 0.05) is 18.9 Å². The number of pyridine rings is 1. The molecule has 0 spiro atoms. The van der Waals surface area contributed by atoms with E-state index in [4.69, 9.17) is 5.10 Å². The Bertz CT molecular complexity index is 1190. The minimum Gasteiger partial charge on any atom is -0.494 e. The van der Waals surface area contributed by atoms with Crippen LogP contribution in [0, 0.1) is 0 Å². The van der Waals surface area contributed by atoms with E-state index in [1.165, 1.54) is 0 Å². The van der Waals surface area contributed by atoms with Crippen LogP contribution in [0.2, 0.25) is 0 Å². The second-order valence-corrected chi connectivity index (χ2v) is 7.68. The number of hydrazone groups is 1. The van der Waals surface area contributed by atoms with Crippen molar-refractivity contribution in [2.45, 2.75) is 38.8 Å². The van der Waals surface area contributed by atoms with E-state index in [-0.39, 0.29) is 24.0 Å². The molecule has 2 aromatic heterocycles. The number of hydrogen-bond donors (Lipinski definition) is 2. The average molecular weight is 419 g/mol. The number of nitrogens with one attached hydrogen (secondary N) is 1. The molecule has 8 nitrogen and oxygen atoms in total. The summed E-state index contributed by atoms with van der Waals surface area (Å²) in [6.07, 6.45) is 6.57. The van der Waals surface area contributed by atoms with Crippen LogP contribution in [-0.4, -0.2) is 36.9 Å². The van der Waals surface area contributed by atoms with Gasteiger partial charge < -0.3 is 5.11 Å². The van der Waals surface area contributed by atoms with Crippen LogP contribution in [0.3, 0.4) is 0 Å². The number of aromatic hydroxyl groups is 1. The molecule has 8 heteroatoms. The zero-order valence-corrected chi connectivity index (χ0v) is 17.4. The van der Waals surface area contributed by atoms with Gasteiger partial charge in [0.2, 0.25) is 5.88 Å². The predicted molar refractivity (Wildman–Crippen MR) is 118 cm³/mol. The van der Waals surface area contributed by atoms with Crippen molar-refractivity contribution in [1.82, 2.24) is 19.5 Å². The van der Waals surface area contributed by atoms with Crippen molar-refractivity contribution in [3.05, 3.63) is 92.4 Å². The van der Waals surface area contributed by atoms with Gasteiger partial charge in [0.1, 0.15) is 5.56 Å². The maximum absolute atomic E-state index is 12.6. The summed E-state index contributed by atoms with van der Waals surface area (Å²) in [5.74, 6) is -0.381. The molecule has 1 aliphatic heterocycles. The highest BCUT2D eigenvalue weighted by atomic mass is 16.3. The van der Waals surface area contributed by atoms with E-state index in [0.29, 0.717) is 5.71 Å². The average Bonchev–Trinajstić information content (AvgIpc) is 2.78. The van der Waals surface area contributed by atoms with Gasteiger partial charge >= 0.3 is 5.69 Å². The lowest BCUT2D eigenvalue weighted by Crippen LogP contribution is -2.35. The molecule has 0 radical (unpaired) electrons. The van der Waals surface area contributed by atoms with E-state index in [1.54, 1.807) is 13.1 Å². The third-order valence-corrected chi connectivity index (χ3v) is 5.54. The standard InChI is InChI=1S/C23H25N5O3/c1-16(26-28-13-6-5-11-19(28)18-10-7-12-24-14-18)20-21(29)25-23(31)27(22(20)30)15-17-8-3-2-4-9-17/h2-4,7-10,12,14,19,30H,5-6,11,13,15H2,1H3,(H,25,29,31). The van der Waals surface area contributed by atoms with Crippen LogP contribution in [0.5, 0.6) is 5.88 Å². The largest absolute Gasteiger partial charge is 0.494 e. The third kappa shape index (κ3) is 4.42. The SMILES string of the molecule is CC(=NN1CCCCC1c1cccnc1)c1c(O)n(Cc2ccccc2)c(=O)[nH]c1=O. The Balaban J connectivity index is 1.71. The van der Waals surface area contributed by atoms with Gasteiger partial charge in [-0.05, 0) is 43.4 Å². The molecule has 31 heavy (non-hydrogen) atoms. The lowest BCUT2D eigenvalue weighted by Gasteiger charge is -2.34. The number of nitrogens with zero attached hydrogens (tertiary/aromatic N) is 4. The van der Waals surface area contributed by atoms with Gasteiger partial charge in [0.25, 0.3) is 5.56 Å². The molecule has 4 rings (SSSR count). The Morgan fingerprint density at radius 1 is 1.19 bits per heavy atom. The summed E-state index contributed by atoms with van der Waals surface area (Å²) in [6.45, 7) is 2.56. The molecule has 1 atom stereocenters. The van der Waals surface area contributed by atoms with Crippen molar-refractivity contribution in [3.8, 4) is 5.88 Å². The number of aromatic amines is 1. The fraction of sp³-hybridized carbons (Fsp3) is 0.304. The fourth-order valence-corrected chi connectivity index (χ4v) is 3.99. The smallest absolute Gasteiger partial charge is 0.331 e. The minimum atomic E-state index is -0.658. The highest BCUT2D eigenvalue weighted by Gasteiger charge is 2.25. The molecule has 2 N–H and O–H groups in total. The molecule has 1 fully saturated rings. The minimum absolute atomic E-state index is 0.00559. The van der Waals surface area contributed by atoms with Gasteiger partial charge in [-0.25, -0.2) is 4.79 Å². The summed E-state index contributed by atoms with van der Waals surface area (Å²) < 4.78 is 1.15. The molecule has 0 bridgehead atoms. The number of hydrogen-bond acceptors (Lipinski definition) is 6. The zero-order chi connectivity index (χ0) is 21.8. The molecule has 3 aromatic rings. The molecule has 0 amide bonds. The Labute approximate surface area is 179 Å². The van der Waals surface area contributed by atoms with Crippen LogP contribution < -0.4 is 11.2 Å². The predicted octanol–water partition coefficient (Wildman–Crippen LogP) is 2.64. The molecular weight excluding hydrogens is 394 g/mol. The van der Waals surface area contributed by atoms with E-state index in [1.807, 2.05) is 53.7 Å². The number of benzene rings is 1. The number of H-pyrrole nitrogens is 1. The van der Waals surface area contributed by atoms with E-state index in [2.05, 4.69) is 9.97 Å². The maximum Gasteiger partial charge on any atom is 0.331 e. The van der Waals surface area contributed by atoms with Crippen molar-refractivity contribution in [1.29, 1.82) is 0 Å². The lowest BCUT2D eigenvalue weighted by molar-refractivity contribution is 0.155. The summed E-state index contributed by atoms with van der Waals surface area (Å²) in [5.41, 5.74) is 0.950. The third-order valence-electron chi connectivity index (χ3n) is 5.54. The van der Waals surface area contributed by atoms with E-state index >= 15 is 0 Å². The molecule has 0 aliphatic carbocycles. The number of rotatable bonds is 5. The van der Waals surface area contributed by atoms with Crippen molar-refractivity contribution < 1.29 is 5.11 Å². The quantitative estimate of drug-likeness (QED) is 0.619. The van der Waals surface area contributed by atoms with E-state index in [9.17, 15) is 14.7 Å². The molecule has 1 aliphatic rings. The lowest BCUT2D eigenvalue weighted by atomic mass is 9.98. The Kier molecular flexibility index (Phi) is 5.97. The summed E-state index contributed by atoms with van der Waals surface area (Å²) in [4.78, 5) is 31.4. The first kappa shape index (κ1) is 20.6. The van der Waals surface area contributed by atoms with Crippen LogP contribution in [0.25, 0.3) is 0 Å². The first-order chi connectivity index (χ1) is 15.0. The van der Waals surface area contributed by atoms with Gasteiger partial charge in [0.15, 0.2) is 0 Å². The zero-order valence-electron chi connectivity index (χ0n) is 17.4. The molecule has 1 saturated heterocycles. The summed E-state index contributed by atoms with van der Waals surface area (Å²) in [6, 6.07) is 13.2. The topological polar surface area (TPSA) is 104 Å². The molecular formula is C23H25N5O3. The normalized spacial score (nSPS) is 17.0. The summed E-state index contributed by atoms with van der Waals surface area (Å²) >= 11 is 0. The second kappa shape index (κ2) is 8.99. The highest BCUT2D eigenvalue weighted by molar-refractivity contribution is 6.00. The molecule has 1 unspecified atom stereocenters. The van der Waals surface area contributed by atoms with E-state index in [0.717, 1.165) is 41.5 Å².